The molecule has 0 N–H and O–H groups in total. The third-order valence-corrected chi connectivity index (χ3v) is 5.59. The van der Waals surface area contributed by atoms with E-state index in [0.717, 1.165) is 36.7 Å². The molecule has 0 spiro atoms. The molecular weight excluding hydrogens is 208 g/mol. The Kier molecular flexibility index (Phi) is 3.75. The molecule has 0 amide bonds. The zero-order valence-electron chi connectivity index (χ0n) is 11.1. The molecule has 0 aromatic rings. The average molecular weight is 235 g/mol. The van der Waals surface area contributed by atoms with Crippen molar-refractivity contribution in [3.8, 4) is 0 Å². The fourth-order valence-corrected chi connectivity index (χ4v) is 4.89. The molecule has 3 rings (SSSR count). The summed E-state index contributed by atoms with van der Waals surface area (Å²) in [6.07, 6.45) is 13.0. The lowest BCUT2D eigenvalue weighted by Gasteiger charge is -2.31. The SMILES string of the molecule is [CH2]CCCCCOC1CC2CC1C1CCCC21. The number of hydrogen-bond donors (Lipinski definition) is 0. The summed E-state index contributed by atoms with van der Waals surface area (Å²) in [5.41, 5.74) is 0. The summed E-state index contributed by atoms with van der Waals surface area (Å²) >= 11 is 0. The smallest absolute Gasteiger partial charge is 0.0608 e. The second-order valence-electron chi connectivity index (χ2n) is 6.48. The van der Waals surface area contributed by atoms with Gasteiger partial charge in [0.1, 0.15) is 0 Å². The van der Waals surface area contributed by atoms with Crippen LogP contribution in [0, 0.1) is 30.6 Å². The van der Waals surface area contributed by atoms with Gasteiger partial charge in [-0.3, -0.25) is 0 Å². The Balaban J connectivity index is 1.41. The minimum absolute atomic E-state index is 0.638. The van der Waals surface area contributed by atoms with Crippen LogP contribution in [0.25, 0.3) is 0 Å². The number of ether oxygens (including phenoxy) is 1. The van der Waals surface area contributed by atoms with E-state index in [2.05, 4.69) is 6.92 Å². The monoisotopic (exact) mass is 235 g/mol. The van der Waals surface area contributed by atoms with Crippen LogP contribution >= 0.6 is 0 Å². The summed E-state index contributed by atoms with van der Waals surface area (Å²) in [4.78, 5) is 0. The van der Waals surface area contributed by atoms with Gasteiger partial charge in [0.15, 0.2) is 0 Å². The molecular formula is C16H27O. The van der Waals surface area contributed by atoms with E-state index in [1.165, 1.54) is 51.4 Å². The maximum Gasteiger partial charge on any atom is 0.0608 e. The van der Waals surface area contributed by atoms with Crippen molar-refractivity contribution < 1.29 is 4.74 Å². The normalized spacial score (nSPS) is 43.2. The van der Waals surface area contributed by atoms with Crippen LogP contribution in [0.2, 0.25) is 0 Å². The first-order valence-corrected chi connectivity index (χ1v) is 7.81. The summed E-state index contributed by atoms with van der Waals surface area (Å²) in [6.45, 7) is 4.89. The molecule has 1 radical (unpaired) electrons. The van der Waals surface area contributed by atoms with Crippen molar-refractivity contribution in [1.29, 1.82) is 0 Å². The number of fused-ring (bicyclic) bond motifs is 5. The molecule has 97 valence electrons. The van der Waals surface area contributed by atoms with Gasteiger partial charge in [0.25, 0.3) is 0 Å². The number of rotatable bonds is 6. The van der Waals surface area contributed by atoms with Crippen LogP contribution in [0.1, 0.15) is 57.8 Å². The molecule has 3 aliphatic rings. The van der Waals surface area contributed by atoms with E-state index < -0.39 is 0 Å². The Morgan fingerprint density at radius 3 is 2.71 bits per heavy atom. The predicted molar refractivity (Wildman–Crippen MR) is 70.6 cm³/mol. The highest BCUT2D eigenvalue weighted by atomic mass is 16.5. The Morgan fingerprint density at radius 2 is 1.82 bits per heavy atom. The Morgan fingerprint density at radius 1 is 0.941 bits per heavy atom. The van der Waals surface area contributed by atoms with Crippen molar-refractivity contribution in [3.05, 3.63) is 6.92 Å². The highest BCUT2D eigenvalue weighted by Gasteiger charge is 2.54. The maximum absolute atomic E-state index is 6.17. The lowest BCUT2D eigenvalue weighted by Crippen LogP contribution is -2.30. The molecule has 3 fully saturated rings. The standard InChI is InChI=1S/C16H27O/c1-2-3-4-5-9-17-16-11-12-10-15(16)14-8-6-7-13(12)14/h12-16H,1-11H2. The zero-order chi connectivity index (χ0) is 11.7. The highest BCUT2D eigenvalue weighted by Crippen LogP contribution is 2.59. The summed E-state index contributed by atoms with van der Waals surface area (Å²) in [6, 6.07) is 0. The van der Waals surface area contributed by atoms with E-state index in [9.17, 15) is 0 Å². The predicted octanol–water partition coefficient (Wildman–Crippen LogP) is 4.22. The second-order valence-corrected chi connectivity index (χ2v) is 6.48. The Bertz CT molecular complexity index is 250. The highest BCUT2D eigenvalue weighted by molar-refractivity contribution is 5.03. The van der Waals surface area contributed by atoms with Gasteiger partial charge in [-0.15, -0.1) is 0 Å². The fraction of sp³-hybridized carbons (Fsp3) is 0.938. The molecule has 5 unspecified atom stereocenters. The van der Waals surface area contributed by atoms with Crippen LogP contribution in [0.4, 0.5) is 0 Å². The minimum atomic E-state index is 0.638. The van der Waals surface area contributed by atoms with Crippen molar-refractivity contribution in [1.82, 2.24) is 0 Å². The van der Waals surface area contributed by atoms with Crippen LogP contribution in [0.3, 0.4) is 0 Å². The fourth-order valence-electron chi connectivity index (χ4n) is 4.89. The molecule has 0 aromatic heterocycles. The molecule has 0 aromatic carbocycles. The van der Waals surface area contributed by atoms with Crippen LogP contribution in [0.5, 0.6) is 0 Å². The van der Waals surface area contributed by atoms with Crippen molar-refractivity contribution in [2.24, 2.45) is 23.7 Å². The molecule has 2 bridgehead atoms. The van der Waals surface area contributed by atoms with Gasteiger partial charge >= 0.3 is 0 Å². The van der Waals surface area contributed by atoms with Crippen LogP contribution < -0.4 is 0 Å². The van der Waals surface area contributed by atoms with Crippen molar-refractivity contribution in [2.75, 3.05) is 6.61 Å². The van der Waals surface area contributed by atoms with E-state index in [1.807, 2.05) is 0 Å². The van der Waals surface area contributed by atoms with Gasteiger partial charge < -0.3 is 4.74 Å². The summed E-state index contributed by atoms with van der Waals surface area (Å²) in [7, 11) is 0. The third kappa shape index (κ3) is 2.28. The van der Waals surface area contributed by atoms with E-state index >= 15 is 0 Å². The van der Waals surface area contributed by atoms with Crippen LogP contribution in [-0.2, 0) is 4.74 Å². The van der Waals surface area contributed by atoms with E-state index in [4.69, 9.17) is 4.74 Å². The number of hydrogen-bond acceptors (Lipinski definition) is 1. The van der Waals surface area contributed by atoms with Crippen LogP contribution in [0.15, 0.2) is 0 Å². The van der Waals surface area contributed by atoms with Crippen molar-refractivity contribution in [2.45, 2.75) is 63.9 Å². The first-order valence-electron chi connectivity index (χ1n) is 7.81. The molecule has 1 heteroatoms. The summed E-state index contributed by atoms with van der Waals surface area (Å²) in [5.74, 6) is 4.14. The first-order chi connectivity index (χ1) is 8.40. The lowest BCUT2D eigenvalue weighted by atomic mass is 9.80. The van der Waals surface area contributed by atoms with E-state index in [-0.39, 0.29) is 0 Å². The molecule has 0 aliphatic heterocycles. The Hall–Kier alpha value is -0.0400. The van der Waals surface area contributed by atoms with Gasteiger partial charge in [0, 0.05) is 6.61 Å². The average Bonchev–Trinajstić information content (AvgIpc) is 3.00. The second kappa shape index (κ2) is 5.30. The topological polar surface area (TPSA) is 9.23 Å². The largest absolute Gasteiger partial charge is 0.378 e. The van der Waals surface area contributed by atoms with Crippen molar-refractivity contribution >= 4 is 0 Å². The van der Waals surface area contributed by atoms with E-state index in [0.29, 0.717) is 6.10 Å². The molecule has 1 nitrogen and oxygen atoms in total. The minimum Gasteiger partial charge on any atom is -0.378 e. The Labute approximate surface area is 106 Å². The van der Waals surface area contributed by atoms with Gasteiger partial charge in [-0.2, -0.15) is 0 Å². The summed E-state index contributed by atoms with van der Waals surface area (Å²) in [5, 5.41) is 0. The van der Waals surface area contributed by atoms with Crippen LogP contribution in [-0.4, -0.2) is 12.7 Å². The van der Waals surface area contributed by atoms with Gasteiger partial charge in [0.2, 0.25) is 0 Å². The number of unbranched alkanes of at least 4 members (excludes halogenated alkanes) is 3. The molecule has 17 heavy (non-hydrogen) atoms. The lowest BCUT2D eigenvalue weighted by molar-refractivity contribution is -0.0117. The molecule has 0 heterocycles. The maximum atomic E-state index is 6.17. The van der Waals surface area contributed by atoms with Gasteiger partial charge in [-0.25, -0.2) is 0 Å². The van der Waals surface area contributed by atoms with Crippen molar-refractivity contribution in [3.63, 3.8) is 0 Å². The first kappa shape index (κ1) is 12.0. The molecule has 0 saturated heterocycles. The van der Waals surface area contributed by atoms with Gasteiger partial charge in [-0.1, -0.05) is 32.6 Å². The van der Waals surface area contributed by atoms with Gasteiger partial charge in [0.05, 0.1) is 6.10 Å². The van der Waals surface area contributed by atoms with Gasteiger partial charge in [-0.05, 0) is 55.8 Å². The molecule has 3 aliphatic carbocycles. The summed E-state index contributed by atoms with van der Waals surface area (Å²) < 4.78 is 6.17. The molecule has 3 saturated carbocycles. The third-order valence-electron chi connectivity index (χ3n) is 5.59. The van der Waals surface area contributed by atoms with E-state index in [1.54, 1.807) is 0 Å². The molecule has 5 atom stereocenters. The quantitative estimate of drug-likeness (QED) is 0.626. The zero-order valence-corrected chi connectivity index (χ0v) is 11.1.